The highest BCUT2D eigenvalue weighted by atomic mass is 35.5. The highest BCUT2D eigenvalue weighted by Gasteiger charge is 2.58. The largest absolute Gasteiger partial charge is 0.369 e. The molecule has 3 amide bonds. The summed E-state index contributed by atoms with van der Waals surface area (Å²) in [5.74, 6) is -0.297. The number of imide groups is 1. The van der Waals surface area contributed by atoms with Gasteiger partial charge in [0.1, 0.15) is 17.8 Å². The molecule has 2 aliphatic heterocycles. The molecular weight excluding hydrogens is 404 g/mol. The predicted octanol–water partition coefficient (Wildman–Crippen LogP) is 2.58. The Labute approximate surface area is 180 Å². The summed E-state index contributed by atoms with van der Waals surface area (Å²) < 4.78 is 6.34. The molecule has 7 nitrogen and oxygen atoms in total. The summed E-state index contributed by atoms with van der Waals surface area (Å²) in [6.07, 6.45) is -0.260. The zero-order valence-corrected chi connectivity index (χ0v) is 17.7. The Hall–Kier alpha value is -2.45. The van der Waals surface area contributed by atoms with Crippen LogP contribution in [0.3, 0.4) is 0 Å². The van der Waals surface area contributed by atoms with Gasteiger partial charge in [-0.05, 0) is 30.3 Å². The molecule has 2 saturated heterocycles. The first-order chi connectivity index (χ1) is 14.4. The van der Waals surface area contributed by atoms with Crippen LogP contribution in [-0.4, -0.2) is 60.8 Å². The average molecular weight is 429 g/mol. The van der Waals surface area contributed by atoms with Gasteiger partial charge in [-0.15, -0.1) is 0 Å². The summed E-state index contributed by atoms with van der Waals surface area (Å²) in [5, 5.41) is 6.41. The Morgan fingerprint density at radius 3 is 2.47 bits per heavy atom. The van der Waals surface area contributed by atoms with Crippen molar-refractivity contribution in [2.24, 2.45) is 0 Å². The summed E-state index contributed by atoms with van der Waals surface area (Å²) in [4.78, 5) is 28.5. The van der Waals surface area contributed by atoms with Gasteiger partial charge in [0, 0.05) is 18.5 Å². The summed E-state index contributed by atoms with van der Waals surface area (Å²) >= 11 is 6.06. The lowest BCUT2D eigenvalue weighted by Gasteiger charge is -2.45. The highest BCUT2D eigenvalue weighted by molar-refractivity contribution is 6.30. The molecule has 2 aromatic rings. The number of hydrogen-bond acceptors (Lipinski definition) is 5. The second-order valence-corrected chi connectivity index (χ2v) is 8.16. The lowest BCUT2D eigenvalue weighted by molar-refractivity contribution is -0.137. The van der Waals surface area contributed by atoms with E-state index in [9.17, 15) is 9.59 Å². The number of nitrogens with zero attached hydrogens (tertiary/aromatic N) is 2. The van der Waals surface area contributed by atoms with E-state index >= 15 is 0 Å². The number of carbonyl (C=O) groups excluding carboxylic acids is 2. The average Bonchev–Trinajstić information content (AvgIpc) is 3.09. The van der Waals surface area contributed by atoms with Gasteiger partial charge in [-0.2, -0.15) is 0 Å². The Bertz CT molecular complexity index is 924. The maximum absolute atomic E-state index is 12.9. The topological polar surface area (TPSA) is 73.9 Å². The molecular formula is C22H25ClN4O3. The predicted molar refractivity (Wildman–Crippen MR) is 114 cm³/mol. The number of fused-ring (bicyclic) bond motifs is 1. The van der Waals surface area contributed by atoms with Crippen molar-refractivity contribution in [1.29, 1.82) is 0 Å². The van der Waals surface area contributed by atoms with Crippen molar-refractivity contribution >= 4 is 23.5 Å². The van der Waals surface area contributed by atoms with Crippen molar-refractivity contribution in [3.8, 4) is 0 Å². The minimum absolute atomic E-state index is 0.288. The molecule has 2 N–H and O–H groups in total. The number of carbonyl (C=O) groups is 2. The van der Waals surface area contributed by atoms with Crippen molar-refractivity contribution in [2.45, 2.75) is 24.2 Å². The first kappa shape index (κ1) is 20.8. The van der Waals surface area contributed by atoms with E-state index in [-0.39, 0.29) is 12.0 Å². The van der Waals surface area contributed by atoms with Crippen molar-refractivity contribution in [3.05, 3.63) is 70.7 Å². The smallest absolute Gasteiger partial charge is 0.325 e. The number of rotatable bonds is 6. The van der Waals surface area contributed by atoms with E-state index < -0.39 is 17.7 Å². The van der Waals surface area contributed by atoms with Crippen LogP contribution in [0.5, 0.6) is 0 Å². The van der Waals surface area contributed by atoms with E-state index in [0.717, 1.165) is 11.1 Å². The third-order valence-corrected chi connectivity index (χ3v) is 6.27. The quantitative estimate of drug-likeness (QED) is 0.739. The molecule has 0 radical (unpaired) electrons. The van der Waals surface area contributed by atoms with Gasteiger partial charge in [0.25, 0.3) is 5.91 Å². The molecule has 0 aromatic heterocycles. The molecule has 4 rings (SSSR count). The molecule has 8 heteroatoms. The summed E-state index contributed by atoms with van der Waals surface area (Å²) in [5.41, 5.74) is 1.12. The molecule has 0 spiro atoms. The molecule has 2 fully saturated rings. The van der Waals surface area contributed by atoms with Gasteiger partial charge >= 0.3 is 6.03 Å². The van der Waals surface area contributed by atoms with Crippen LogP contribution in [-0.2, 0) is 9.53 Å². The van der Waals surface area contributed by atoms with E-state index in [1.54, 1.807) is 11.9 Å². The first-order valence-corrected chi connectivity index (χ1v) is 10.3. The van der Waals surface area contributed by atoms with Crippen molar-refractivity contribution in [2.75, 3.05) is 27.4 Å². The Morgan fingerprint density at radius 2 is 1.77 bits per heavy atom. The number of benzene rings is 2. The molecule has 2 aromatic carbocycles. The van der Waals surface area contributed by atoms with Crippen molar-refractivity contribution in [1.82, 2.24) is 20.4 Å². The van der Waals surface area contributed by atoms with Crippen LogP contribution >= 0.6 is 11.6 Å². The van der Waals surface area contributed by atoms with Crippen LogP contribution in [0.2, 0.25) is 5.02 Å². The van der Waals surface area contributed by atoms with Crippen LogP contribution < -0.4 is 10.6 Å². The third-order valence-electron chi connectivity index (χ3n) is 6.02. The molecule has 0 aliphatic carbocycles. The van der Waals surface area contributed by atoms with E-state index in [4.69, 9.17) is 16.3 Å². The monoisotopic (exact) mass is 428 g/mol. The van der Waals surface area contributed by atoms with Crippen LogP contribution in [0.4, 0.5) is 4.79 Å². The van der Waals surface area contributed by atoms with Crippen molar-refractivity contribution in [3.63, 3.8) is 0 Å². The molecule has 0 saturated carbocycles. The Kier molecular flexibility index (Phi) is 5.79. The fourth-order valence-corrected chi connectivity index (χ4v) is 4.46. The Balaban J connectivity index is 1.56. The Morgan fingerprint density at radius 1 is 1.10 bits per heavy atom. The van der Waals surface area contributed by atoms with Gasteiger partial charge in [0.05, 0.1) is 13.3 Å². The molecule has 2 aliphatic rings. The highest BCUT2D eigenvalue weighted by Crippen LogP contribution is 2.34. The fraction of sp³-hybridized carbons (Fsp3) is 0.364. The lowest BCUT2D eigenvalue weighted by atomic mass is 9.88. The maximum atomic E-state index is 12.9. The number of ether oxygens (including phenoxy) is 1. The SMILES string of the molecule is CN1C(=O)NC(=O)C2(CCOC(c3ccccc3)c3ccc(Cl)cc3)C1NCN2C. The number of urea groups is 1. The van der Waals surface area contributed by atoms with Gasteiger partial charge < -0.3 is 9.64 Å². The number of amides is 3. The third kappa shape index (κ3) is 3.58. The van der Waals surface area contributed by atoms with E-state index in [1.807, 2.05) is 66.5 Å². The lowest BCUT2D eigenvalue weighted by Crippen LogP contribution is -2.72. The standard InChI is InChI=1S/C22H25ClN4O3/c1-26-14-24-19-22(26,20(28)25-21(29)27(19)2)12-13-30-18(15-6-4-3-5-7-15)16-8-10-17(23)11-9-16/h3-11,18-19,24H,12-14H2,1-2H3,(H,25,28,29). The summed E-state index contributed by atoms with van der Waals surface area (Å²) in [7, 11) is 3.57. The minimum atomic E-state index is -0.885. The molecule has 3 atom stereocenters. The van der Waals surface area contributed by atoms with Crippen LogP contribution in [0.15, 0.2) is 54.6 Å². The zero-order valence-electron chi connectivity index (χ0n) is 17.0. The molecule has 0 bridgehead atoms. The van der Waals surface area contributed by atoms with Gasteiger partial charge in [0.2, 0.25) is 0 Å². The maximum Gasteiger partial charge on any atom is 0.325 e. The van der Waals surface area contributed by atoms with Crippen LogP contribution in [0.25, 0.3) is 0 Å². The van der Waals surface area contributed by atoms with E-state index in [1.165, 1.54) is 0 Å². The second kappa shape index (κ2) is 8.35. The zero-order chi connectivity index (χ0) is 21.3. The van der Waals surface area contributed by atoms with Gasteiger partial charge in [0.15, 0.2) is 0 Å². The van der Waals surface area contributed by atoms with Gasteiger partial charge in [-0.25, -0.2) is 4.79 Å². The van der Waals surface area contributed by atoms with E-state index in [0.29, 0.717) is 24.7 Å². The summed E-state index contributed by atoms with van der Waals surface area (Å²) in [6, 6.07) is 17.1. The second-order valence-electron chi connectivity index (χ2n) is 7.72. The number of hydrogen-bond donors (Lipinski definition) is 2. The van der Waals surface area contributed by atoms with E-state index in [2.05, 4.69) is 10.6 Å². The van der Waals surface area contributed by atoms with Crippen LogP contribution in [0.1, 0.15) is 23.7 Å². The van der Waals surface area contributed by atoms with Crippen LogP contribution in [0, 0.1) is 0 Å². The minimum Gasteiger partial charge on any atom is -0.369 e. The molecule has 3 unspecified atom stereocenters. The normalized spacial score (nSPS) is 25.2. The molecule has 2 heterocycles. The molecule has 30 heavy (non-hydrogen) atoms. The fourth-order valence-electron chi connectivity index (χ4n) is 4.33. The first-order valence-electron chi connectivity index (χ1n) is 9.88. The van der Waals surface area contributed by atoms with Gasteiger partial charge in [-0.3, -0.25) is 20.3 Å². The number of nitrogens with one attached hydrogen (secondary N) is 2. The number of likely N-dealkylation sites (N-methyl/N-ethyl adjacent to an activating group) is 2. The van der Waals surface area contributed by atoms with Crippen molar-refractivity contribution < 1.29 is 14.3 Å². The van der Waals surface area contributed by atoms with Gasteiger partial charge in [-0.1, -0.05) is 54.1 Å². The number of halogens is 1. The molecule has 158 valence electrons. The summed E-state index contributed by atoms with van der Waals surface area (Å²) in [6.45, 7) is 0.842.